The molecule has 0 atom stereocenters. The molecule has 0 saturated heterocycles. The van der Waals surface area contributed by atoms with Crippen LogP contribution in [-0.4, -0.2) is 30.6 Å². The molecule has 0 aromatic heterocycles. The van der Waals surface area contributed by atoms with Crippen molar-refractivity contribution < 1.29 is 19.3 Å². The highest BCUT2D eigenvalue weighted by Gasteiger charge is 2.16. The molecule has 6 heteroatoms. The zero-order valence-electron chi connectivity index (χ0n) is 23.9. The second kappa shape index (κ2) is 14.8. The molecule has 0 unspecified atom stereocenters. The quantitative estimate of drug-likeness (QED) is 0.0591. The molecule has 0 saturated carbocycles. The summed E-state index contributed by atoms with van der Waals surface area (Å²) in [5, 5.41) is 5.69. The van der Waals surface area contributed by atoms with Crippen molar-refractivity contribution in [3.63, 3.8) is 0 Å². The van der Waals surface area contributed by atoms with Gasteiger partial charge >= 0.3 is 5.97 Å². The van der Waals surface area contributed by atoms with Gasteiger partial charge in [0, 0.05) is 35.9 Å². The zero-order valence-corrected chi connectivity index (χ0v) is 23.9. The van der Waals surface area contributed by atoms with Crippen LogP contribution >= 0.6 is 0 Å². The highest BCUT2D eigenvalue weighted by molar-refractivity contribution is 6.08. The maximum atomic E-state index is 11.4. The molecule has 1 heterocycles. The zero-order chi connectivity index (χ0) is 27.5. The second-order valence-electron chi connectivity index (χ2n) is 10.4. The molecular formula is C33H44N3O3+. The lowest BCUT2D eigenvalue weighted by Gasteiger charge is -2.12. The number of unbranched alkanes of at least 4 members (excludes halogenated alkanes) is 8. The van der Waals surface area contributed by atoms with Crippen LogP contribution in [0.2, 0.25) is 0 Å². The number of benzene rings is 3. The number of rotatable bonds is 15. The summed E-state index contributed by atoms with van der Waals surface area (Å²) >= 11 is 0. The van der Waals surface area contributed by atoms with E-state index in [2.05, 4.69) is 53.6 Å². The highest BCUT2D eigenvalue weighted by Crippen LogP contribution is 2.32. The van der Waals surface area contributed by atoms with Gasteiger partial charge in [-0.1, -0.05) is 56.7 Å². The van der Waals surface area contributed by atoms with Crippen molar-refractivity contribution in [2.24, 2.45) is 4.99 Å². The first-order valence-corrected chi connectivity index (χ1v) is 14.9. The number of nitrogens with zero attached hydrogens (tertiary/aromatic N) is 2. The smallest absolute Gasteiger partial charge is 0.305 e. The van der Waals surface area contributed by atoms with Gasteiger partial charge in [-0.15, -0.1) is 0 Å². The number of esters is 1. The Morgan fingerprint density at radius 3 is 2.33 bits per heavy atom. The molecule has 0 spiro atoms. The van der Waals surface area contributed by atoms with Gasteiger partial charge in [0.05, 0.1) is 18.5 Å². The van der Waals surface area contributed by atoms with Gasteiger partial charge in [0.2, 0.25) is 0 Å². The molecule has 2 aromatic carbocycles. The summed E-state index contributed by atoms with van der Waals surface area (Å²) in [6.07, 6.45) is 11.4. The molecule has 4 rings (SSSR count). The minimum absolute atomic E-state index is 0.0575. The summed E-state index contributed by atoms with van der Waals surface area (Å²) in [5.74, 6) is 0.721. The van der Waals surface area contributed by atoms with Crippen molar-refractivity contribution in [1.82, 2.24) is 4.98 Å². The fourth-order valence-corrected chi connectivity index (χ4v) is 5.28. The highest BCUT2D eigenvalue weighted by atomic mass is 16.5. The average molecular weight is 531 g/mol. The lowest BCUT2D eigenvalue weighted by Crippen LogP contribution is -2.78. The lowest BCUT2D eigenvalue weighted by atomic mass is 10.0. The number of hydrogen-bond donors (Lipinski definition) is 1. The second-order valence-corrected chi connectivity index (χ2v) is 10.4. The van der Waals surface area contributed by atoms with Gasteiger partial charge in [-0.25, -0.2) is 4.98 Å². The molecule has 0 radical (unpaired) electrons. The molecule has 0 fully saturated rings. The Hall–Kier alpha value is -3.25. The van der Waals surface area contributed by atoms with E-state index >= 15 is 0 Å². The van der Waals surface area contributed by atoms with Crippen LogP contribution in [0.3, 0.4) is 0 Å². The number of aryl methyl sites for hydroxylation is 1. The number of aromatic nitrogens is 1. The first-order valence-electron chi connectivity index (χ1n) is 14.9. The Balaban J connectivity index is 1.29. The van der Waals surface area contributed by atoms with E-state index in [0.29, 0.717) is 13.0 Å². The number of quaternary nitrogens is 1. The Labute approximate surface area is 232 Å². The molecule has 2 N–H and O–H groups in total. The van der Waals surface area contributed by atoms with E-state index in [4.69, 9.17) is 14.1 Å². The van der Waals surface area contributed by atoms with Gasteiger partial charge in [-0.2, -0.15) is 0 Å². The summed E-state index contributed by atoms with van der Waals surface area (Å²) in [4.78, 5) is 21.0. The van der Waals surface area contributed by atoms with E-state index in [0.717, 1.165) is 64.8 Å². The van der Waals surface area contributed by atoms with E-state index < -0.39 is 0 Å². The average Bonchev–Trinajstić information content (AvgIpc) is 2.93. The third-order valence-corrected chi connectivity index (χ3v) is 7.33. The Morgan fingerprint density at radius 2 is 1.62 bits per heavy atom. The van der Waals surface area contributed by atoms with Crippen LogP contribution in [0, 0.1) is 6.92 Å². The fourth-order valence-electron chi connectivity index (χ4n) is 5.28. The monoisotopic (exact) mass is 530 g/mol. The minimum Gasteiger partial charge on any atom is -0.466 e. The van der Waals surface area contributed by atoms with E-state index in [9.17, 15) is 4.79 Å². The molecule has 0 amide bonds. The largest absolute Gasteiger partial charge is 0.466 e. The van der Waals surface area contributed by atoms with Crippen molar-refractivity contribution >= 4 is 33.5 Å². The number of nitrogens with two attached hydrogens (primary N) is 1. The number of carbonyl (C=O) groups is 1. The van der Waals surface area contributed by atoms with Crippen LogP contribution in [-0.2, 0) is 9.53 Å². The molecule has 2 aliphatic rings. The van der Waals surface area contributed by atoms with Crippen molar-refractivity contribution in [3.05, 3.63) is 53.4 Å². The van der Waals surface area contributed by atoms with Crippen LogP contribution in [0.15, 0.2) is 51.9 Å². The molecular weight excluding hydrogens is 486 g/mol. The fraction of sp³-hybridized carbons (Fsp3) is 0.485. The normalized spacial score (nSPS) is 12.1. The van der Waals surface area contributed by atoms with E-state index in [-0.39, 0.29) is 5.97 Å². The Morgan fingerprint density at radius 1 is 0.923 bits per heavy atom. The van der Waals surface area contributed by atoms with Gasteiger partial charge in [0.25, 0.3) is 0 Å². The van der Waals surface area contributed by atoms with Crippen molar-refractivity contribution in [1.29, 1.82) is 0 Å². The SMILES string of the molecule is CCN=c1cc2oc3cc([NH2+]CCCCCCCCCCCC(=O)OCC)c4ccccc4c3nc-2cc1C. The number of carbonyl (C=O) groups excluding carboxylic acids is 1. The summed E-state index contributed by atoms with van der Waals surface area (Å²) in [6, 6.07) is 14.8. The third-order valence-electron chi connectivity index (χ3n) is 7.33. The molecule has 1 aliphatic carbocycles. The van der Waals surface area contributed by atoms with Gasteiger partial charge in [-0.3, -0.25) is 9.79 Å². The molecule has 2 aromatic rings. The standard InChI is InChI=1S/C33H43N3O3/c1-4-34-27-22-30-29(21-24(27)3)36-33-26-18-15-14-17-25(26)28(23-31(33)39-30)35-20-16-12-10-8-6-7-9-11-13-19-32(37)38-5-2/h14-15,17-18,21-23,35H,4-13,16,19-20H2,1-3H3/p+1. The summed E-state index contributed by atoms with van der Waals surface area (Å²) in [5.41, 5.74) is 4.94. The van der Waals surface area contributed by atoms with Crippen LogP contribution in [0.25, 0.3) is 33.3 Å². The molecule has 6 nitrogen and oxygen atoms in total. The third kappa shape index (κ3) is 7.89. The molecule has 1 aliphatic heterocycles. The van der Waals surface area contributed by atoms with Gasteiger partial charge < -0.3 is 14.5 Å². The predicted octanol–water partition coefficient (Wildman–Crippen LogP) is 6.97. The Kier molecular flexibility index (Phi) is 10.9. The van der Waals surface area contributed by atoms with Crippen molar-refractivity contribution in [2.75, 3.05) is 19.7 Å². The van der Waals surface area contributed by atoms with Crippen LogP contribution in [0.4, 0.5) is 5.69 Å². The van der Waals surface area contributed by atoms with Crippen molar-refractivity contribution in [3.8, 4) is 11.5 Å². The summed E-state index contributed by atoms with van der Waals surface area (Å²) < 4.78 is 11.4. The molecule has 39 heavy (non-hydrogen) atoms. The van der Waals surface area contributed by atoms with Crippen LogP contribution in [0.5, 0.6) is 0 Å². The Bertz CT molecular complexity index is 1410. The van der Waals surface area contributed by atoms with Gasteiger partial charge in [0.1, 0.15) is 16.9 Å². The minimum atomic E-state index is -0.0575. The maximum absolute atomic E-state index is 11.4. The maximum Gasteiger partial charge on any atom is 0.305 e. The van der Waals surface area contributed by atoms with Crippen LogP contribution in [0.1, 0.15) is 83.6 Å². The number of fused-ring (bicyclic) bond motifs is 4. The van der Waals surface area contributed by atoms with E-state index in [1.165, 1.54) is 56.0 Å². The van der Waals surface area contributed by atoms with Gasteiger partial charge in [0.15, 0.2) is 11.3 Å². The summed E-state index contributed by atoms with van der Waals surface area (Å²) in [7, 11) is 0. The van der Waals surface area contributed by atoms with Crippen LogP contribution < -0.4 is 10.7 Å². The number of hydrogen-bond acceptors (Lipinski definition) is 5. The van der Waals surface area contributed by atoms with Gasteiger partial charge in [-0.05, 0) is 57.7 Å². The topological polar surface area (TPSA) is 81.3 Å². The van der Waals surface area contributed by atoms with E-state index in [1.54, 1.807) is 0 Å². The lowest BCUT2D eigenvalue weighted by molar-refractivity contribution is -0.570. The van der Waals surface area contributed by atoms with E-state index in [1.807, 2.05) is 19.9 Å². The summed E-state index contributed by atoms with van der Waals surface area (Å²) in [6.45, 7) is 8.27. The molecule has 208 valence electrons. The number of ether oxygens (including phenoxy) is 1. The predicted molar refractivity (Wildman–Crippen MR) is 158 cm³/mol. The first kappa shape index (κ1) is 28.8. The van der Waals surface area contributed by atoms with Crippen molar-refractivity contribution in [2.45, 2.75) is 85.0 Å². The molecule has 0 bridgehead atoms. The first-order chi connectivity index (χ1) is 19.1.